The highest BCUT2D eigenvalue weighted by Crippen LogP contribution is 2.38. The normalized spacial score (nSPS) is 15.1. The summed E-state index contributed by atoms with van der Waals surface area (Å²) in [4.78, 5) is 7.58. The lowest BCUT2D eigenvalue weighted by Crippen LogP contribution is -2.33. The molecule has 154 valence electrons. The fourth-order valence-electron chi connectivity index (χ4n) is 3.69. The number of methoxy groups -OCH3 is 1. The first kappa shape index (κ1) is 20.1. The topological polar surface area (TPSA) is 99.1 Å². The minimum absolute atomic E-state index is 0.297. The smallest absolute Gasteiger partial charge is 0.211 e. The second-order valence-corrected chi connectivity index (χ2v) is 9.03. The lowest BCUT2D eigenvalue weighted by atomic mass is 9.97. The van der Waals surface area contributed by atoms with Crippen LogP contribution in [0.25, 0.3) is 27.7 Å². The number of benzene rings is 1. The highest BCUT2D eigenvalue weighted by atomic mass is 32.2. The molecule has 1 aliphatic rings. The average molecular weight is 426 g/mol. The maximum Gasteiger partial charge on any atom is 0.211 e. The van der Waals surface area contributed by atoms with Gasteiger partial charge in [-0.25, -0.2) is 17.8 Å². The number of sulfonamides is 1. The van der Waals surface area contributed by atoms with E-state index in [1.165, 1.54) is 42.1 Å². The molecule has 0 spiro atoms. The van der Waals surface area contributed by atoms with Crippen molar-refractivity contribution in [2.24, 2.45) is 0 Å². The van der Waals surface area contributed by atoms with Gasteiger partial charge >= 0.3 is 0 Å². The van der Waals surface area contributed by atoms with Gasteiger partial charge in [0.05, 0.1) is 18.9 Å². The van der Waals surface area contributed by atoms with Crippen LogP contribution in [0.15, 0.2) is 36.5 Å². The Morgan fingerprint density at radius 2 is 2.13 bits per heavy atom. The van der Waals surface area contributed by atoms with Crippen molar-refractivity contribution < 1.29 is 17.5 Å². The number of ether oxygens (including phenoxy) is 1. The quantitative estimate of drug-likeness (QED) is 0.690. The second kappa shape index (κ2) is 7.55. The van der Waals surface area contributed by atoms with Crippen LogP contribution >= 0.6 is 0 Å². The van der Waals surface area contributed by atoms with E-state index in [-0.39, 0.29) is 0 Å². The predicted octanol–water partition coefficient (Wildman–Crippen LogP) is 3.30. The monoisotopic (exact) mass is 426 g/mol. The number of nitrogens with zero attached hydrogens (tertiary/aromatic N) is 3. The lowest BCUT2D eigenvalue weighted by molar-refractivity contribution is 0.415. The van der Waals surface area contributed by atoms with Gasteiger partial charge in [0.15, 0.2) is 0 Å². The minimum Gasteiger partial charge on any atom is -0.496 e. The lowest BCUT2D eigenvalue weighted by Gasteiger charge is -2.23. The van der Waals surface area contributed by atoms with Gasteiger partial charge in [-0.15, -0.1) is 0 Å². The molecule has 1 aromatic carbocycles. The predicted molar refractivity (Wildman–Crippen MR) is 112 cm³/mol. The van der Waals surface area contributed by atoms with Crippen LogP contribution in [0.3, 0.4) is 0 Å². The van der Waals surface area contributed by atoms with E-state index in [1.807, 2.05) is 12.1 Å². The number of nitriles is 1. The van der Waals surface area contributed by atoms with Crippen LogP contribution in [0.2, 0.25) is 0 Å². The summed E-state index contributed by atoms with van der Waals surface area (Å²) in [6.45, 7) is 0.687. The van der Waals surface area contributed by atoms with E-state index < -0.39 is 15.8 Å². The first-order valence-corrected chi connectivity index (χ1v) is 11.1. The van der Waals surface area contributed by atoms with E-state index in [1.54, 1.807) is 0 Å². The molecule has 0 saturated carbocycles. The van der Waals surface area contributed by atoms with E-state index in [0.717, 1.165) is 11.3 Å². The maximum atomic E-state index is 14.0. The van der Waals surface area contributed by atoms with Crippen molar-refractivity contribution in [1.29, 1.82) is 5.26 Å². The number of nitrogens with one attached hydrogen (secondary N) is 1. The van der Waals surface area contributed by atoms with E-state index in [9.17, 15) is 18.1 Å². The zero-order valence-electron chi connectivity index (χ0n) is 16.4. The van der Waals surface area contributed by atoms with Crippen LogP contribution in [0.1, 0.15) is 17.7 Å². The van der Waals surface area contributed by atoms with Crippen LogP contribution in [-0.4, -0.2) is 49.1 Å². The summed E-state index contributed by atoms with van der Waals surface area (Å²) in [6.07, 6.45) is 5.05. The standard InChI is InChI=1S/C21H19FN4O3S/c1-29-19-4-3-15(22)9-16(19)20-14(11-23)12-24-21-17(20)10-18(25-21)13-5-7-26(8-6-13)30(2,27)28/h3-5,9-10,12H,6-8H2,1-2H3,(H,24,25). The summed E-state index contributed by atoms with van der Waals surface area (Å²) in [7, 11) is -1.75. The molecular weight excluding hydrogens is 407 g/mol. The Labute approximate surface area is 173 Å². The first-order valence-electron chi connectivity index (χ1n) is 9.22. The fraction of sp³-hybridized carbons (Fsp3) is 0.238. The Hall–Kier alpha value is -3.22. The number of hydrogen-bond donors (Lipinski definition) is 1. The van der Waals surface area contributed by atoms with E-state index in [0.29, 0.717) is 53.0 Å². The van der Waals surface area contributed by atoms with Crippen LogP contribution in [0.4, 0.5) is 4.39 Å². The Morgan fingerprint density at radius 1 is 1.33 bits per heavy atom. The summed E-state index contributed by atoms with van der Waals surface area (Å²) in [5, 5.41) is 10.3. The van der Waals surface area contributed by atoms with Crippen molar-refractivity contribution in [3.63, 3.8) is 0 Å². The van der Waals surface area contributed by atoms with Gasteiger partial charge in [-0.2, -0.15) is 9.57 Å². The van der Waals surface area contributed by atoms with Crippen molar-refractivity contribution in [1.82, 2.24) is 14.3 Å². The molecular formula is C21H19FN4O3S. The Balaban J connectivity index is 1.86. The third-order valence-corrected chi connectivity index (χ3v) is 6.47. The van der Waals surface area contributed by atoms with Gasteiger partial charge in [0.1, 0.15) is 23.3 Å². The molecule has 0 bridgehead atoms. The molecule has 30 heavy (non-hydrogen) atoms. The Kier molecular flexibility index (Phi) is 5.05. The Bertz CT molecular complexity index is 1320. The fourth-order valence-corrected chi connectivity index (χ4v) is 4.46. The first-order chi connectivity index (χ1) is 14.3. The molecule has 0 unspecified atom stereocenters. The van der Waals surface area contributed by atoms with Gasteiger partial charge in [0.2, 0.25) is 10.0 Å². The number of pyridine rings is 1. The molecule has 0 aliphatic carbocycles. The number of rotatable bonds is 4. The van der Waals surface area contributed by atoms with Crippen molar-refractivity contribution in [2.75, 3.05) is 26.5 Å². The zero-order chi connectivity index (χ0) is 21.5. The van der Waals surface area contributed by atoms with Gasteiger partial charge in [0.25, 0.3) is 0 Å². The van der Waals surface area contributed by atoms with Gasteiger partial charge in [-0.05, 0) is 36.3 Å². The average Bonchev–Trinajstić information content (AvgIpc) is 3.16. The molecule has 1 aliphatic heterocycles. The number of aromatic nitrogens is 2. The van der Waals surface area contributed by atoms with Gasteiger partial charge in [0, 0.05) is 41.5 Å². The Morgan fingerprint density at radius 3 is 2.77 bits per heavy atom. The summed E-state index contributed by atoms with van der Waals surface area (Å²) < 4.78 is 44.3. The second-order valence-electron chi connectivity index (χ2n) is 7.05. The molecule has 9 heteroatoms. The third kappa shape index (κ3) is 3.56. The summed E-state index contributed by atoms with van der Waals surface area (Å²) in [6, 6.07) is 8.15. The summed E-state index contributed by atoms with van der Waals surface area (Å²) >= 11 is 0. The van der Waals surface area contributed by atoms with Gasteiger partial charge in [-0.1, -0.05) is 6.08 Å². The molecule has 0 fully saturated rings. The van der Waals surface area contributed by atoms with Crippen molar-refractivity contribution in [3.05, 3.63) is 53.6 Å². The van der Waals surface area contributed by atoms with Crippen molar-refractivity contribution >= 4 is 26.6 Å². The molecule has 0 atom stereocenters. The number of fused-ring (bicyclic) bond motifs is 1. The molecule has 0 amide bonds. The molecule has 7 nitrogen and oxygen atoms in total. The van der Waals surface area contributed by atoms with Crippen LogP contribution in [0.5, 0.6) is 5.75 Å². The molecule has 3 aromatic rings. The molecule has 2 aromatic heterocycles. The highest BCUT2D eigenvalue weighted by Gasteiger charge is 2.23. The van der Waals surface area contributed by atoms with E-state index in [2.05, 4.69) is 16.0 Å². The highest BCUT2D eigenvalue weighted by molar-refractivity contribution is 7.88. The van der Waals surface area contributed by atoms with Gasteiger partial charge < -0.3 is 9.72 Å². The van der Waals surface area contributed by atoms with Crippen molar-refractivity contribution in [3.8, 4) is 22.9 Å². The SMILES string of the molecule is COc1ccc(F)cc1-c1c(C#N)cnc2[nH]c(C3=CCN(S(C)(=O)=O)CC3)cc12. The minimum atomic E-state index is -3.24. The van der Waals surface area contributed by atoms with E-state index >= 15 is 0 Å². The van der Waals surface area contributed by atoms with Crippen LogP contribution in [-0.2, 0) is 10.0 Å². The molecule has 1 N–H and O–H groups in total. The van der Waals surface area contributed by atoms with Crippen LogP contribution < -0.4 is 4.74 Å². The third-order valence-electron chi connectivity index (χ3n) is 5.20. The molecule has 4 rings (SSSR count). The largest absolute Gasteiger partial charge is 0.496 e. The summed E-state index contributed by atoms with van der Waals surface area (Å²) in [5.74, 6) is 0.00934. The number of H-pyrrole nitrogens is 1. The van der Waals surface area contributed by atoms with E-state index in [4.69, 9.17) is 4.74 Å². The zero-order valence-corrected chi connectivity index (χ0v) is 17.3. The number of aromatic amines is 1. The molecule has 0 radical (unpaired) electrons. The number of hydrogen-bond acceptors (Lipinski definition) is 5. The van der Waals surface area contributed by atoms with Crippen molar-refractivity contribution in [2.45, 2.75) is 6.42 Å². The number of halogens is 1. The maximum absolute atomic E-state index is 14.0. The molecule has 0 saturated heterocycles. The van der Waals surface area contributed by atoms with Crippen LogP contribution in [0, 0.1) is 17.1 Å². The van der Waals surface area contributed by atoms with Gasteiger partial charge in [-0.3, -0.25) is 0 Å². The molecule has 3 heterocycles. The summed E-state index contributed by atoms with van der Waals surface area (Å²) in [5.41, 5.74) is 3.61.